The van der Waals surface area contributed by atoms with Crippen LogP contribution in [0.2, 0.25) is 0 Å². The third-order valence-electron chi connectivity index (χ3n) is 4.46. The fourth-order valence-corrected chi connectivity index (χ4v) is 3.29. The van der Waals surface area contributed by atoms with E-state index in [4.69, 9.17) is 14.6 Å². The Bertz CT molecular complexity index is 205. The molecule has 15 heavy (non-hydrogen) atoms. The molecule has 0 aromatic rings. The maximum atomic E-state index is 9.10. The van der Waals surface area contributed by atoms with Gasteiger partial charge in [0.2, 0.25) is 0 Å². The number of aliphatic hydroxyl groups excluding tert-OH is 1. The normalized spacial score (nSPS) is 29.0. The Kier molecular flexibility index (Phi) is 3.06. The molecular formula is C12H22O3. The lowest BCUT2D eigenvalue weighted by Crippen LogP contribution is -2.55. The minimum atomic E-state index is -0.300. The van der Waals surface area contributed by atoms with Gasteiger partial charge in [-0.05, 0) is 37.0 Å². The molecule has 88 valence electrons. The molecule has 1 N–H and O–H groups in total. The van der Waals surface area contributed by atoms with Crippen LogP contribution in [0.25, 0.3) is 0 Å². The summed E-state index contributed by atoms with van der Waals surface area (Å²) >= 11 is 0. The molecule has 0 bridgehead atoms. The van der Waals surface area contributed by atoms with Gasteiger partial charge in [0, 0.05) is 33.7 Å². The van der Waals surface area contributed by atoms with Gasteiger partial charge in [0.15, 0.2) is 5.79 Å². The van der Waals surface area contributed by atoms with Crippen molar-refractivity contribution < 1.29 is 14.6 Å². The van der Waals surface area contributed by atoms with Gasteiger partial charge in [0.25, 0.3) is 0 Å². The molecule has 3 heteroatoms. The van der Waals surface area contributed by atoms with Gasteiger partial charge in [-0.15, -0.1) is 0 Å². The topological polar surface area (TPSA) is 38.7 Å². The highest BCUT2D eigenvalue weighted by Crippen LogP contribution is 2.58. The van der Waals surface area contributed by atoms with Crippen molar-refractivity contribution in [3.63, 3.8) is 0 Å². The molecular weight excluding hydrogens is 192 g/mol. The Hall–Kier alpha value is -0.120. The molecule has 0 unspecified atom stereocenters. The van der Waals surface area contributed by atoms with Gasteiger partial charge in [-0.1, -0.05) is 0 Å². The number of rotatable bonds is 3. The van der Waals surface area contributed by atoms with Crippen LogP contribution >= 0.6 is 0 Å². The highest BCUT2D eigenvalue weighted by molar-refractivity contribution is 5.02. The lowest BCUT2D eigenvalue weighted by atomic mass is 9.56. The van der Waals surface area contributed by atoms with Gasteiger partial charge in [-0.3, -0.25) is 0 Å². The van der Waals surface area contributed by atoms with Gasteiger partial charge in [-0.25, -0.2) is 0 Å². The summed E-state index contributed by atoms with van der Waals surface area (Å²) in [6, 6.07) is 0. The van der Waals surface area contributed by atoms with Crippen molar-refractivity contribution in [1.29, 1.82) is 0 Å². The van der Waals surface area contributed by atoms with Crippen molar-refractivity contribution in [2.24, 2.45) is 11.3 Å². The molecule has 0 aliphatic heterocycles. The lowest BCUT2D eigenvalue weighted by molar-refractivity contribution is -0.303. The predicted molar refractivity (Wildman–Crippen MR) is 57.5 cm³/mol. The summed E-state index contributed by atoms with van der Waals surface area (Å²) in [5.41, 5.74) is 0.456. The minimum absolute atomic E-state index is 0.300. The molecule has 2 saturated carbocycles. The second kappa shape index (κ2) is 4.04. The summed E-state index contributed by atoms with van der Waals surface area (Å²) in [6.07, 6.45) is 6.86. The fourth-order valence-electron chi connectivity index (χ4n) is 3.29. The summed E-state index contributed by atoms with van der Waals surface area (Å²) in [7, 11) is 3.46. The van der Waals surface area contributed by atoms with E-state index in [1.807, 2.05) is 0 Å². The number of hydrogen-bond acceptors (Lipinski definition) is 3. The highest BCUT2D eigenvalue weighted by atomic mass is 16.7. The van der Waals surface area contributed by atoms with E-state index in [1.165, 1.54) is 25.7 Å². The first kappa shape index (κ1) is 11.4. The Labute approximate surface area is 91.8 Å². The second-order valence-corrected chi connectivity index (χ2v) is 5.30. The van der Waals surface area contributed by atoms with E-state index in [0.29, 0.717) is 17.9 Å². The maximum Gasteiger partial charge on any atom is 0.168 e. The standard InChI is InChI=1S/C12H22O3/c1-14-12(15-2)8-11(9-12)5-3-10(7-13)4-6-11/h10,13H,3-9H2,1-2H3. The number of hydrogen-bond donors (Lipinski definition) is 1. The van der Waals surface area contributed by atoms with Gasteiger partial charge in [0.05, 0.1) is 0 Å². The van der Waals surface area contributed by atoms with Crippen LogP contribution in [0, 0.1) is 11.3 Å². The number of methoxy groups -OCH3 is 2. The quantitative estimate of drug-likeness (QED) is 0.730. The fraction of sp³-hybridized carbons (Fsp3) is 1.00. The van der Waals surface area contributed by atoms with Crippen LogP contribution in [-0.4, -0.2) is 31.7 Å². The van der Waals surface area contributed by atoms with Gasteiger partial charge >= 0.3 is 0 Å². The van der Waals surface area contributed by atoms with Crippen LogP contribution in [0.5, 0.6) is 0 Å². The van der Waals surface area contributed by atoms with E-state index in [9.17, 15) is 0 Å². The van der Waals surface area contributed by atoms with Crippen molar-refractivity contribution in [1.82, 2.24) is 0 Å². The summed E-state index contributed by atoms with van der Waals surface area (Å²) in [5.74, 6) is 0.238. The van der Waals surface area contributed by atoms with Crippen molar-refractivity contribution in [2.75, 3.05) is 20.8 Å². The Balaban J connectivity index is 1.87. The molecule has 0 heterocycles. The van der Waals surface area contributed by atoms with Crippen LogP contribution in [-0.2, 0) is 9.47 Å². The van der Waals surface area contributed by atoms with Crippen molar-refractivity contribution >= 4 is 0 Å². The average molecular weight is 214 g/mol. The molecule has 0 saturated heterocycles. The van der Waals surface area contributed by atoms with E-state index in [0.717, 1.165) is 12.8 Å². The Morgan fingerprint density at radius 1 is 1.13 bits per heavy atom. The third kappa shape index (κ3) is 1.93. The molecule has 0 radical (unpaired) electrons. The predicted octanol–water partition coefficient (Wildman–Crippen LogP) is 1.94. The van der Waals surface area contributed by atoms with Gasteiger partial charge in [-0.2, -0.15) is 0 Å². The SMILES string of the molecule is COC1(OC)CC2(CCC(CO)CC2)C1. The molecule has 0 amide bonds. The maximum absolute atomic E-state index is 9.10. The van der Waals surface area contributed by atoms with Crippen LogP contribution in [0.4, 0.5) is 0 Å². The van der Waals surface area contributed by atoms with Crippen molar-refractivity contribution in [3.05, 3.63) is 0 Å². The second-order valence-electron chi connectivity index (χ2n) is 5.30. The molecule has 2 rings (SSSR count). The summed E-state index contributed by atoms with van der Waals surface area (Å²) < 4.78 is 10.9. The average Bonchev–Trinajstić information content (AvgIpc) is 2.26. The number of aliphatic hydroxyl groups is 1. The van der Waals surface area contributed by atoms with Crippen molar-refractivity contribution in [3.8, 4) is 0 Å². The molecule has 2 aliphatic carbocycles. The molecule has 0 atom stereocenters. The van der Waals surface area contributed by atoms with Crippen LogP contribution in [0.3, 0.4) is 0 Å². The monoisotopic (exact) mass is 214 g/mol. The first-order valence-electron chi connectivity index (χ1n) is 5.89. The minimum Gasteiger partial charge on any atom is -0.396 e. The summed E-state index contributed by atoms with van der Waals surface area (Å²) in [4.78, 5) is 0. The van der Waals surface area contributed by atoms with Crippen molar-refractivity contribution in [2.45, 2.75) is 44.3 Å². The zero-order valence-electron chi connectivity index (χ0n) is 9.79. The first-order valence-corrected chi connectivity index (χ1v) is 5.89. The molecule has 3 nitrogen and oxygen atoms in total. The summed E-state index contributed by atoms with van der Waals surface area (Å²) in [5, 5.41) is 9.10. The van der Waals surface area contributed by atoms with E-state index in [1.54, 1.807) is 14.2 Å². The van der Waals surface area contributed by atoms with Crippen LogP contribution in [0.15, 0.2) is 0 Å². The molecule has 1 spiro atoms. The highest BCUT2D eigenvalue weighted by Gasteiger charge is 2.56. The third-order valence-corrected chi connectivity index (χ3v) is 4.46. The van der Waals surface area contributed by atoms with Crippen LogP contribution < -0.4 is 0 Å². The van der Waals surface area contributed by atoms with E-state index in [-0.39, 0.29) is 5.79 Å². The Morgan fingerprint density at radius 2 is 1.67 bits per heavy atom. The molecule has 2 fully saturated rings. The number of ether oxygens (including phenoxy) is 2. The molecule has 2 aliphatic rings. The lowest BCUT2D eigenvalue weighted by Gasteiger charge is -2.56. The molecule has 0 aromatic heterocycles. The van der Waals surface area contributed by atoms with Crippen LogP contribution in [0.1, 0.15) is 38.5 Å². The molecule has 0 aromatic carbocycles. The zero-order chi connectivity index (χ0) is 10.9. The van der Waals surface area contributed by atoms with Gasteiger partial charge < -0.3 is 14.6 Å². The van der Waals surface area contributed by atoms with E-state index < -0.39 is 0 Å². The largest absolute Gasteiger partial charge is 0.396 e. The first-order chi connectivity index (χ1) is 7.17. The smallest absolute Gasteiger partial charge is 0.168 e. The van der Waals surface area contributed by atoms with E-state index in [2.05, 4.69) is 0 Å². The van der Waals surface area contributed by atoms with E-state index >= 15 is 0 Å². The Morgan fingerprint density at radius 3 is 2.07 bits per heavy atom. The summed E-state index contributed by atoms with van der Waals surface area (Å²) in [6.45, 7) is 0.357. The van der Waals surface area contributed by atoms with Gasteiger partial charge in [0.1, 0.15) is 0 Å². The zero-order valence-corrected chi connectivity index (χ0v) is 9.79.